The summed E-state index contributed by atoms with van der Waals surface area (Å²) in [7, 11) is 0. The molecule has 0 spiro atoms. The average molecular weight is 513 g/mol. The highest BCUT2D eigenvalue weighted by Gasteiger charge is 2.46. The standard InChI is InChI=1S/C29H32N6O3/c30-28-29(31,20-13-7-8-14-21(20)35-28)17-24-27(38)33-22(15-18-9-3-1-4-10-18)25(36)32-23(26(37)34-24)16-19-11-5-2-6-12-19/h1-14,22-24,28,35H,15-17,30-31H2,(H,32,36)(H,33,38)(H,34,37)/t22-,23+,24+,28-,29+/m1/s1. The normalized spacial score (nSPS) is 27.1. The lowest BCUT2D eigenvalue weighted by Crippen LogP contribution is -2.59. The maximum absolute atomic E-state index is 13.6. The second-order valence-electron chi connectivity index (χ2n) is 9.98. The molecule has 1 saturated heterocycles. The first-order valence-electron chi connectivity index (χ1n) is 12.7. The van der Waals surface area contributed by atoms with E-state index in [4.69, 9.17) is 11.5 Å². The molecule has 2 heterocycles. The molecule has 2 aliphatic rings. The molecule has 0 saturated carbocycles. The Balaban J connectivity index is 1.46. The summed E-state index contributed by atoms with van der Waals surface area (Å²) >= 11 is 0. The van der Waals surface area contributed by atoms with Crippen LogP contribution in [0.3, 0.4) is 0 Å². The van der Waals surface area contributed by atoms with Gasteiger partial charge in [0.25, 0.3) is 0 Å². The number of carbonyl (C=O) groups excluding carboxylic acids is 3. The van der Waals surface area contributed by atoms with E-state index < -0.39 is 47.6 Å². The van der Waals surface area contributed by atoms with Crippen LogP contribution in [0.15, 0.2) is 84.9 Å². The van der Waals surface area contributed by atoms with E-state index in [1.54, 1.807) is 0 Å². The maximum atomic E-state index is 13.6. The molecule has 0 unspecified atom stereocenters. The van der Waals surface area contributed by atoms with Crippen LogP contribution in [-0.4, -0.2) is 42.0 Å². The van der Waals surface area contributed by atoms with Crippen molar-refractivity contribution in [2.24, 2.45) is 11.5 Å². The molecule has 0 radical (unpaired) electrons. The van der Waals surface area contributed by atoms with Crippen LogP contribution in [-0.2, 0) is 32.8 Å². The van der Waals surface area contributed by atoms with E-state index in [9.17, 15) is 14.4 Å². The van der Waals surface area contributed by atoms with E-state index in [0.29, 0.717) is 0 Å². The molecule has 0 aromatic heterocycles. The van der Waals surface area contributed by atoms with Gasteiger partial charge in [0.2, 0.25) is 17.7 Å². The SMILES string of the molecule is N[C@@H]1Nc2ccccc2[C@@]1(N)C[C@@H]1NC(=O)[C@H](Cc2ccccc2)NC(=O)[C@@H](Cc2ccccc2)NC1=O. The van der Waals surface area contributed by atoms with Gasteiger partial charge in [-0.05, 0) is 22.8 Å². The zero-order chi connectivity index (χ0) is 26.7. The first-order chi connectivity index (χ1) is 18.3. The summed E-state index contributed by atoms with van der Waals surface area (Å²) in [5, 5.41) is 11.8. The lowest BCUT2D eigenvalue weighted by molar-refractivity contribution is -0.130. The molecule has 3 aromatic rings. The molecule has 8 N–H and O–H groups in total. The van der Waals surface area contributed by atoms with Gasteiger partial charge in [-0.25, -0.2) is 0 Å². The first kappa shape index (κ1) is 25.4. The van der Waals surface area contributed by atoms with Crippen LogP contribution in [0.1, 0.15) is 23.1 Å². The molecule has 2 aliphatic heterocycles. The highest BCUT2D eigenvalue weighted by Crippen LogP contribution is 2.38. The summed E-state index contributed by atoms with van der Waals surface area (Å²) in [5.74, 6) is -1.37. The molecule has 196 valence electrons. The number of rotatable bonds is 6. The quantitative estimate of drug-likeness (QED) is 0.289. The van der Waals surface area contributed by atoms with Crippen LogP contribution in [0.4, 0.5) is 5.69 Å². The Kier molecular flexibility index (Phi) is 7.13. The topological polar surface area (TPSA) is 151 Å². The van der Waals surface area contributed by atoms with Crippen molar-refractivity contribution in [3.05, 3.63) is 102 Å². The van der Waals surface area contributed by atoms with E-state index in [1.165, 1.54) is 0 Å². The lowest BCUT2D eigenvalue weighted by atomic mass is 9.84. The number of nitrogens with two attached hydrogens (primary N) is 2. The number of benzene rings is 3. The smallest absolute Gasteiger partial charge is 0.243 e. The number of amides is 3. The molecule has 3 amide bonds. The number of hydrogen-bond donors (Lipinski definition) is 6. The molecule has 1 fully saturated rings. The number of nitrogens with one attached hydrogen (secondary N) is 4. The van der Waals surface area contributed by atoms with Gasteiger partial charge in [-0.3, -0.25) is 14.4 Å². The monoisotopic (exact) mass is 512 g/mol. The third-order valence-corrected chi connectivity index (χ3v) is 7.30. The highest BCUT2D eigenvalue weighted by molar-refractivity contribution is 5.97. The third kappa shape index (κ3) is 5.25. The van der Waals surface area contributed by atoms with Crippen LogP contribution < -0.4 is 32.7 Å². The van der Waals surface area contributed by atoms with E-state index in [-0.39, 0.29) is 19.3 Å². The molecule has 0 bridgehead atoms. The van der Waals surface area contributed by atoms with Crippen LogP contribution in [0.25, 0.3) is 0 Å². The minimum Gasteiger partial charge on any atom is -0.368 e. The van der Waals surface area contributed by atoms with Gasteiger partial charge in [0.05, 0.1) is 11.7 Å². The number of para-hydroxylation sites is 1. The van der Waals surface area contributed by atoms with E-state index in [0.717, 1.165) is 22.4 Å². The summed E-state index contributed by atoms with van der Waals surface area (Å²) in [6.07, 6.45) is -0.0818. The zero-order valence-electron chi connectivity index (χ0n) is 20.9. The van der Waals surface area contributed by atoms with Crippen LogP contribution >= 0.6 is 0 Å². The number of fused-ring (bicyclic) bond motifs is 1. The van der Waals surface area contributed by atoms with Crippen molar-refractivity contribution in [1.29, 1.82) is 0 Å². The van der Waals surface area contributed by atoms with Gasteiger partial charge >= 0.3 is 0 Å². The minimum atomic E-state index is -1.12. The Bertz CT molecular complexity index is 1280. The molecular formula is C29H32N6O3. The summed E-state index contributed by atoms with van der Waals surface area (Å²) in [6.45, 7) is 0. The Morgan fingerprint density at radius 3 is 1.61 bits per heavy atom. The molecular weight excluding hydrogens is 480 g/mol. The van der Waals surface area contributed by atoms with Gasteiger partial charge in [-0.2, -0.15) is 0 Å². The van der Waals surface area contributed by atoms with Crippen molar-refractivity contribution in [2.75, 3.05) is 5.32 Å². The van der Waals surface area contributed by atoms with Gasteiger partial charge in [0.1, 0.15) is 18.1 Å². The van der Waals surface area contributed by atoms with Gasteiger partial charge in [-0.1, -0.05) is 78.9 Å². The second-order valence-corrected chi connectivity index (χ2v) is 9.98. The Labute approximate surface area is 221 Å². The Morgan fingerprint density at radius 2 is 1.05 bits per heavy atom. The number of carbonyl (C=O) groups is 3. The summed E-state index contributed by atoms with van der Waals surface area (Å²) in [6, 6.07) is 23.5. The first-order valence-corrected chi connectivity index (χ1v) is 12.7. The van der Waals surface area contributed by atoms with Crippen molar-refractivity contribution >= 4 is 23.4 Å². The van der Waals surface area contributed by atoms with Crippen molar-refractivity contribution in [1.82, 2.24) is 16.0 Å². The van der Waals surface area contributed by atoms with Crippen LogP contribution in [0.2, 0.25) is 0 Å². The highest BCUT2D eigenvalue weighted by atomic mass is 16.2. The summed E-state index contributed by atoms with van der Waals surface area (Å²) < 4.78 is 0. The third-order valence-electron chi connectivity index (χ3n) is 7.30. The van der Waals surface area contributed by atoms with Gasteiger partial charge < -0.3 is 32.7 Å². The van der Waals surface area contributed by atoms with Gasteiger partial charge in [0.15, 0.2) is 0 Å². The van der Waals surface area contributed by atoms with Crippen LogP contribution in [0.5, 0.6) is 0 Å². The van der Waals surface area contributed by atoms with E-state index in [1.807, 2.05) is 84.9 Å². The predicted molar refractivity (Wildman–Crippen MR) is 145 cm³/mol. The fourth-order valence-corrected chi connectivity index (χ4v) is 5.20. The van der Waals surface area contributed by atoms with Gasteiger partial charge in [0, 0.05) is 24.9 Å². The average Bonchev–Trinajstić information content (AvgIpc) is 3.18. The van der Waals surface area contributed by atoms with Crippen molar-refractivity contribution in [2.45, 2.75) is 49.1 Å². The van der Waals surface area contributed by atoms with E-state index in [2.05, 4.69) is 21.3 Å². The summed E-state index contributed by atoms with van der Waals surface area (Å²) in [5.41, 5.74) is 15.4. The maximum Gasteiger partial charge on any atom is 0.243 e. The molecule has 38 heavy (non-hydrogen) atoms. The number of anilines is 1. The second kappa shape index (κ2) is 10.6. The van der Waals surface area contributed by atoms with Gasteiger partial charge in [-0.15, -0.1) is 0 Å². The molecule has 0 aliphatic carbocycles. The largest absolute Gasteiger partial charge is 0.368 e. The van der Waals surface area contributed by atoms with E-state index >= 15 is 0 Å². The Hall–Kier alpha value is -4.21. The predicted octanol–water partition coefficient (Wildman–Crippen LogP) is 0.894. The lowest BCUT2D eigenvalue weighted by Gasteiger charge is -2.33. The fourth-order valence-electron chi connectivity index (χ4n) is 5.20. The van der Waals surface area contributed by atoms with Crippen molar-refractivity contribution in [3.63, 3.8) is 0 Å². The number of hydrogen-bond acceptors (Lipinski definition) is 6. The fraction of sp³-hybridized carbons (Fsp3) is 0.276. The van der Waals surface area contributed by atoms with Crippen molar-refractivity contribution < 1.29 is 14.4 Å². The molecule has 3 aromatic carbocycles. The van der Waals surface area contributed by atoms with Crippen molar-refractivity contribution in [3.8, 4) is 0 Å². The zero-order valence-corrected chi connectivity index (χ0v) is 20.9. The Morgan fingerprint density at radius 1 is 0.605 bits per heavy atom. The molecule has 5 rings (SSSR count). The summed E-state index contributed by atoms with van der Waals surface area (Å²) in [4.78, 5) is 40.5. The molecule has 5 atom stereocenters. The molecule has 9 nitrogen and oxygen atoms in total. The minimum absolute atomic E-state index is 0.0417. The van der Waals surface area contributed by atoms with Crippen LogP contribution in [0, 0.1) is 0 Å². The molecule has 9 heteroatoms.